The summed E-state index contributed by atoms with van der Waals surface area (Å²) in [6, 6.07) is -0.412. The normalized spacial score (nSPS) is 12.4. The Kier molecular flexibility index (Phi) is 5.28. The van der Waals surface area contributed by atoms with Crippen LogP contribution in [-0.4, -0.2) is 24.1 Å². The predicted molar refractivity (Wildman–Crippen MR) is 59.8 cm³/mol. The van der Waals surface area contributed by atoms with Crippen molar-refractivity contribution in [3.8, 4) is 0 Å². The summed E-state index contributed by atoms with van der Waals surface area (Å²) >= 11 is 1.46. The van der Waals surface area contributed by atoms with Crippen molar-refractivity contribution in [3.05, 3.63) is 16.6 Å². The van der Waals surface area contributed by atoms with Crippen LogP contribution >= 0.6 is 11.3 Å². The summed E-state index contributed by atoms with van der Waals surface area (Å²) < 4.78 is 4.99. The molecule has 1 N–H and O–H groups in total. The van der Waals surface area contributed by atoms with Gasteiger partial charge in [0.25, 0.3) is 0 Å². The number of aromatic nitrogens is 1. The first-order chi connectivity index (χ1) is 7.29. The van der Waals surface area contributed by atoms with Gasteiger partial charge in [0.2, 0.25) is 0 Å². The van der Waals surface area contributed by atoms with Crippen molar-refractivity contribution in [1.82, 2.24) is 10.3 Å². The summed E-state index contributed by atoms with van der Waals surface area (Å²) in [5, 5.41) is 5.75. The van der Waals surface area contributed by atoms with Gasteiger partial charge in [0.15, 0.2) is 6.04 Å². The summed E-state index contributed by atoms with van der Waals surface area (Å²) in [4.78, 5) is 15.8. The van der Waals surface area contributed by atoms with Gasteiger partial charge < -0.3 is 4.74 Å². The van der Waals surface area contributed by atoms with E-state index in [9.17, 15) is 4.79 Å². The molecule has 1 atom stereocenters. The Balaban J connectivity index is 2.65. The number of nitrogens with zero attached hydrogens (tertiary/aromatic N) is 1. The number of ether oxygens (including phenoxy) is 1. The number of carbonyl (C=O) groups is 1. The second-order valence-electron chi connectivity index (χ2n) is 3.01. The van der Waals surface area contributed by atoms with Crippen LogP contribution in [0.4, 0.5) is 0 Å². The summed E-state index contributed by atoms with van der Waals surface area (Å²) in [6.45, 7) is 5.03. The van der Waals surface area contributed by atoms with Crippen LogP contribution in [0.2, 0.25) is 0 Å². The maximum absolute atomic E-state index is 11.6. The van der Waals surface area contributed by atoms with Gasteiger partial charge in [0.05, 0.1) is 6.61 Å². The van der Waals surface area contributed by atoms with Gasteiger partial charge in [-0.1, -0.05) is 6.92 Å². The van der Waals surface area contributed by atoms with Crippen molar-refractivity contribution in [2.45, 2.75) is 26.3 Å². The van der Waals surface area contributed by atoms with Crippen LogP contribution < -0.4 is 5.32 Å². The number of hydrogen-bond donors (Lipinski definition) is 1. The third-order valence-corrected chi connectivity index (χ3v) is 2.66. The first-order valence-corrected chi connectivity index (χ1v) is 5.97. The fraction of sp³-hybridized carbons (Fsp3) is 0.600. The van der Waals surface area contributed by atoms with Gasteiger partial charge in [-0.3, -0.25) is 5.32 Å². The SMILES string of the molecule is CCCNC(C(=O)OCC)c1nccs1. The average molecular weight is 228 g/mol. The van der Waals surface area contributed by atoms with E-state index >= 15 is 0 Å². The fourth-order valence-electron chi connectivity index (χ4n) is 1.16. The van der Waals surface area contributed by atoms with Gasteiger partial charge in [0, 0.05) is 11.6 Å². The lowest BCUT2D eigenvalue weighted by atomic mass is 10.3. The molecule has 0 fully saturated rings. The minimum absolute atomic E-state index is 0.249. The fourth-order valence-corrected chi connectivity index (χ4v) is 1.86. The highest BCUT2D eigenvalue weighted by atomic mass is 32.1. The monoisotopic (exact) mass is 228 g/mol. The molecule has 84 valence electrons. The smallest absolute Gasteiger partial charge is 0.330 e. The maximum atomic E-state index is 11.6. The van der Waals surface area contributed by atoms with Crippen LogP contribution in [0.3, 0.4) is 0 Å². The minimum atomic E-state index is -0.412. The number of carbonyl (C=O) groups excluding carboxylic acids is 1. The van der Waals surface area contributed by atoms with E-state index in [0.717, 1.165) is 18.0 Å². The van der Waals surface area contributed by atoms with Crippen LogP contribution in [0.5, 0.6) is 0 Å². The summed E-state index contributed by atoms with van der Waals surface area (Å²) in [5.41, 5.74) is 0. The molecule has 15 heavy (non-hydrogen) atoms. The van der Waals surface area contributed by atoms with E-state index in [1.54, 1.807) is 13.1 Å². The first-order valence-electron chi connectivity index (χ1n) is 5.09. The molecular weight excluding hydrogens is 212 g/mol. The Hall–Kier alpha value is -0.940. The van der Waals surface area contributed by atoms with E-state index in [2.05, 4.69) is 17.2 Å². The van der Waals surface area contributed by atoms with Gasteiger partial charge in [0.1, 0.15) is 5.01 Å². The highest BCUT2D eigenvalue weighted by Crippen LogP contribution is 2.17. The molecule has 0 bridgehead atoms. The Bertz CT molecular complexity index is 288. The average Bonchev–Trinajstić information content (AvgIpc) is 2.72. The Morgan fingerprint density at radius 3 is 3.00 bits per heavy atom. The second kappa shape index (κ2) is 6.53. The van der Waals surface area contributed by atoms with Crippen molar-refractivity contribution in [3.63, 3.8) is 0 Å². The summed E-state index contributed by atoms with van der Waals surface area (Å²) in [7, 11) is 0. The zero-order valence-electron chi connectivity index (χ0n) is 9.03. The Morgan fingerprint density at radius 1 is 1.67 bits per heavy atom. The number of thiazole rings is 1. The van der Waals surface area contributed by atoms with Crippen LogP contribution in [0, 0.1) is 0 Å². The number of hydrogen-bond acceptors (Lipinski definition) is 5. The van der Waals surface area contributed by atoms with Crippen molar-refractivity contribution in [2.24, 2.45) is 0 Å². The molecule has 0 saturated heterocycles. The third kappa shape index (κ3) is 3.60. The quantitative estimate of drug-likeness (QED) is 0.754. The van der Waals surface area contributed by atoms with Crippen molar-refractivity contribution < 1.29 is 9.53 Å². The zero-order valence-corrected chi connectivity index (χ0v) is 9.84. The van der Waals surface area contributed by atoms with Crippen LogP contribution in [0.15, 0.2) is 11.6 Å². The highest BCUT2D eigenvalue weighted by Gasteiger charge is 2.23. The van der Waals surface area contributed by atoms with E-state index in [-0.39, 0.29) is 5.97 Å². The Morgan fingerprint density at radius 2 is 2.47 bits per heavy atom. The Labute approximate surface area is 93.7 Å². The molecule has 0 aliphatic carbocycles. The molecule has 5 heteroatoms. The standard InChI is InChI=1S/C10H16N2O2S/c1-3-5-11-8(10(13)14-4-2)9-12-6-7-15-9/h6-8,11H,3-5H2,1-2H3. The molecule has 0 aromatic carbocycles. The van der Waals surface area contributed by atoms with Crippen molar-refractivity contribution >= 4 is 17.3 Å². The molecule has 0 aliphatic rings. The van der Waals surface area contributed by atoms with Gasteiger partial charge in [-0.2, -0.15) is 0 Å². The van der Waals surface area contributed by atoms with E-state index < -0.39 is 6.04 Å². The van der Waals surface area contributed by atoms with Gasteiger partial charge >= 0.3 is 5.97 Å². The van der Waals surface area contributed by atoms with E-state index in [4.69, 9.17) is 4.74 Å². The number of esters is 1. The molecule has 4 nitrogen and oxygen atoms in total. The molecule has 1 heterocycles. The molecule has 1 unspecified atom stereocenters. The van der Waals surface area contributed by atoms with Crippen LogP contribution in [0.1, 0.15) is 31.3 Å². The third-order valence-electron chi connectivity index (χ3n) is 1.82. The minimum Gasteiger partial charge on any atom is -0.465 e. The highest BCUT2D eigenvalue weighted by molar-refractivity contribution is 7.09. The van der Waals surface area contributed by atoms with Crippen LogP contribution in [0.25, 0.3) is 0 Å². The first kappa shape index (κ1) is 12.1. The lowest BCUT2D eigenvalue weighted by molar-refractivity contribution is -0.145. The van der Waals surface area contributed by atoms with E-state index in [1.807, 2.05) is 5.38 Å². The molecule has 1 aromatic rings. The largest absolute Gasteiger partial charge is 0.465 e. The van der Waals surface area contributed by atoms with Crippen LogP contribution in [-0.2, 0) is 9.53 Å². The van der Waals surface area contributed by atoms with Crippen molar-refractivity contribution in [1.29, 1.82) is 0 Å². The van der Waals surface area contributed by atoms with Gasteiger partial charge in [-0.25, -0.2) is 9.78 Å². The van der Waals surface area contributed by atoms with Gasteiger partial charge in [-0.15, -0.1) is 11.3 Å². The molecule has 0 spiro atoms. The topological polar surface area (TPSA) is 51.2 Å². The predicted octanol–water partition coefficient (Wildman–Crippen LogP) is 1.75. The molecule has 1 rings (SSSR count). The molecule has 0 radical (unpaired) electrons. The second-order valence-corrected chi connectivity index (χ2v) is 3.94. The summed E-state index contributed by atoms with van der Waals surface area (Å²) in [5.74, 6) is -0.249. The lowest BCUT2D eigenvalue weighted by Crippen LogP contribution is -2.30. The maximum Gasteiger partial charge on any atom is 0.330 e. The number of nitrogens with one attached hydrogen (secondary N) is 1. The molecule has 0 aliphatic heterocycles. The molecule has 0 saturated carbocycles. The van der Waals surface area contributed by atoms with Gasteiger partial charge in [-0.05, 0) is 19.9 Å². The molecule has 1 aromatic heterocycles. The van der Waals surface area contributed by atoms with E-state index in [1.165, 1.54) is 11.3 Å². The number of rotatable bonds is 6. The molecule has 0 amide bonds. The summed E-state index contributed by atoms with van der Waals surface area (Å²) in [6.07, 6.45) is 2.67. The van der Waals surface area contributed by atoms with E-state index in [0.29, 0.717) is 6.61 Å². The zero-order chi connectivity index (χ0) is 11.1. The van der Waals surface area contributed by atoms with Crippen molar-refractivity contribution in [2.75, 3.05) is 13.2 Å². The lowest BCUT2D eigenvalue weighted by Gasteiger charge is -2.14. The molecular formula is C10H16N2O2S.